The molecule has 1 atom stereocenters. The van der Waals surface area contributed by atoms with Gasteiger partial charge in [0.1, 0.15) is 17.5 Å². The fourth-order valence-electron chi connectivity index (χ4n) is 3.70. The van der Waals surface area contributed by atoms with Gasteiger partial charge in [0.2, 0.25) is 5.91 Å². The quantitative estimate of drug-likeness (QED) is 0.368. The maximum Gasteiger partial charge on any atom is 0.261 e. The molecular formula is C29H33ClN2O4. The number of nitrogens with zero attached hydrogens (tertiary/aromatic N) is 1. The summed E-state index contributed by atoms with van der Waals surface area (Å²) in [6.07, 6.45) is 0.376. The highest BCUT2D eigenvalue weighted by Gasteiger charge is 2.30. The third-order valence-corrected chi connectivity index (χ3v) is 5.87. The van der Waals surface area contributed by atoms with E-state index in [1.54, 1.807) is 36.3 Å². The maximum absolute atomic E-state index is 13.6. The minimum absolute atomic E-state index is 0.199. The van der Waals surface area contributed by atoms with Crippen LogP contribution in [-0.2, 0) is 22.6 Å². The number of hydrogen-bond donors (Lipinski definition) is 1. The summed E-state index contributed by atoms with van der Waals surface area (Å²) in [7, 11) is 1.60. The first kappa shape index (κ1) is 27.1. The number of benzene rings is 3. The molecule has 2 amide bonds. The number of rotatable bonds is 12. The zero-order valence-corrected chi connectivity index (χ0v) is 21.7. The van der Waals surface area contributed by atoms with E-state index in [-0.39, 0.29) is 30.9 Å². The molecule has 0 aromatic heterocycles. The molecule has 0 aliphatic carbocycles. The van der Waals surface area contributed by atoms with E-state index in [1.165, 1.54) is 0 Å². The molecule has 3 rings (SSSR count). The van der Waals surface area contributed by atoms with Crippen molar-refractivity contribution in [1.29, 1.82) is 0 Å². The van der Waals surface area contributed by atoms with Gasteiger partial charge in [-0.25, -0.2) is 0 Å². The maximum atomic E-state index is 13.6. The SMILES string of the molecule is COc1cccc(CN(C(=O)COc2ccc(Cl)cc2)[C@H](Cc2ccccc2)C(=O)NCC(C)C)c1. The van der Waals surface area contributed by atoms with Crippen LogP contribution in [0.5, 0.6) is 11.5 Å². The standard InChI is InChI=1S/C29H33ClN2O4/c1-21(2)18-31-29(34)27(17-22-8-5-4-6-9-22)32(19-23-10-7-11-26(16-23)35-3)28(33)20-36-25-14-12-24(30)13-15-25/h4-16,21,27H,17-20H2,1-3H3,(H,31,34)/t27-/m1/s1. The Balaban J connectivity index is 1.90. The molecule has 0 fully saturated rings. The Morgan fingerprint density at radius 1 is 0.917 bits per heavy atom. The molecule has 1 N–H and O–H groups in total. The third kappa shape index (κ3) is 8.31. The number of hydrogen-bond acceptors (Lipinski definition) is 4. The lowest BCUT2D eigenvalue weighted by Gasteiger charge is -2.31. The predicted molar refractivity (Wildman–Crippen MR) is 142 cm³/mol. The van der Waals surface area contributed by atoms with E-state index in [0.717, 1.165) is 11.1 Å². The van der Waals surface area contributed by atoms with Crippen LogP contribution in [0.2, 0.25) is 5.02 Å². The summed E-state index contributed by atoms with van der Waals surface area (Å²) in [5.74, 6) is 0.991. The molecule has 3 aromatic carbocycles. The Hall–Kier alpha value is -3.51. The first-order valence-electron chi connectivity index (χ1n) is 12.0. The van der Waals surface area contributed by atoms with Crippen molar-refractivity contribution in [3.8, 4) is 11.5 Å². The smallest absolute Gasteiger partial charge is 0.261 e. The van der Waals surface area contributed by atoms with Crippen molar-refractivity contribution in [2.24, 2.45) is 5.92 Å². The van der Waals surface area contributed by atoms with E-state index in [2.05, 4.69) is 5.32 Å². The van der Waals surface area contributed by atoms with Crippen molar-refractivity contribution in [2.75, 3.05) is 20.3 Å². The minimum Gasteiger partial charge on any atom is -0.497 e. The van der Waals surface area contributed by atoms with E-state index < -0.39 is 6.04 Å². The molecule has 0 bridgehead atoms. The molecule has 0 heterocycles. The summed E-state index contributed by atoms with van der Waals surface area (Å²) < 4.78 is 11.1. The number of carbonyl (C=O) groups excluding carboxylic acids is 2. The normalized spacial score (nSPS) is 11.6. The number of halogens is 1. The van der Waals surface area contributed by atoms with Crippen LogP contribution in [0.1, 0.15) is 25.0 Å². The molecule has 0 aliphatic rings. The number of nitrogens with one attached hydrogen (secondary N) is 1. The average Bonchev–Trinajstić information content (AvgIpc) is 2.89. The van der Waals surface area contributed by atoms with Gasteiger partial charge in [0, 0.05) is 24.5 Å². The van der Waals surface area contributed by atoms with E-state index in [0.29, 0.717) is 29.5 Å². The van der Waals surface area contributed by atoms with Gasteiger partial charge in [0.25, 0.3) is 5.91 Å². The van der Waals surface area contributed by atoms with Crippen LogP contribution in [0.3, 0.4) is 0 Å². The topological polar surface area (TPSA) is 67.9 Å². The number of methoxy groups -OCH3 is 1. The molecular weight excluding hydrogens is 476 g/mol. The van der Waals surface area contributed by atoms with Crippen molar-refractivity contribution in [3.05, 3.63) is 95.0 Å². The van der Waals surface area contributed by atoms with Crippen LogP contribution in [0.25, 0.3) is 0 Å². The van der Waals surface area contributed by atoms with Gasteiger partial charge < -0.3 is 19.7 Å². The summed E-state index contributed by atoms with van der Waals surface area (Å²) in [5.41, 5.74) is 1.81. The second-order valence-electron chi connectivity index (χ2n) is 8.96. The van der Waals surface area contributed by atoms with Gasteiger partial charge in [0.15, 0.2) is 6.61 Å². The van der Waals surface area contributed by atoms with Crippen molar-refractivity contribution >= 4 is 23.4 Å². The summed E-state index contributed by atoms with van der Waals surface area (Å²) in [6, 6.07) is 23.3. The van der Waals surface area contributed by atoms with Crippen molar-refractivity contribution in [3.63, 3.8) is 0 Å². The highest BCUT2D eigenvalue weighted by atomic mass is 35.5. The van der Waals surface area contributed by atoms with Crippen LogP contribution in [-0.4, -0.2) is 43.0 Å². The van der Waals surface area contributed by atoms with Gasteiger partial charge in [-0.15, -0.1) is 0 Å². The van der Waals surface area contributed by atoms with Gasteiger partial charge in [-0.05, 0) is 53.4 Å². The lowest BCUT2D eigenvalue weighted by Crippen LogP contribution is -2.52. The molecule has 7 heteroatoms. The van der Waals surface area contributed by atoms with Crippen LogP contribution < -0.4 is 14.8 Å². The number of carbonyl (C=O) groups is 2. The molecule has 0 spiro atoms. The van der Waals surface area contributed by atoms with Crippen LogP contribution in [0.4, 0.5) is 0 Å². The second kappa shape index (κ2) is 13.5. The zero-order chi connectivity index (χ0) is 25.9. The minimum atomic E-state index is -0.723. The summed E-state index contributed by atoms with van der Waals surface area (Å²) in [6.45, 7) is 4.60. The molecule has 190 valence electrons. The van der Waals surface area contributed by atoms with Gasteiger partial charge in [-0.1, -0.05) is 67.9 Å². The van der Waals surface area contributed by atoms with Crippen molar-refractivity contribution in [1.82, 2.24) is 10.2 Å². The summed E-state index contributed by atoms with van der Waals surface area (Å²) in [4.78, 5) is 28.6. The monoisotopic (exact) mass is 508 g/mol. The summed E-state index contributed by atoms with van der Waals surface area (Å²) >= 11 is 5.96. The van der Waals surface area contributed by atoms with E-state index in [1.807, 2.05) is 68.4 Å². The van der Waals surface area contributed by atoms with Crippen LogP contribution in [0.15, 0.2) is 78.9 Å². The third-order valence-electron chi connectivity index (χ3n) is 5.62. The predicted octanol–water partition coefficient (Wildman–Crippen LogP) is 5.14. The molecule has 0 radical (unpaired) electrons. The Morgan fingerprint density at radius 2 is 1.61 bits per heavy atom. The molecule has 36 heavy (non-hydrogen) atoms. The second-order valence-corrected chi connectivity index (χ2v) is 9.40. The van der Waals surface area contributed by atoms with E-state index >= 15 is 0 Å². The lowest BCUT2D eigenvalue weighted by atomic mass is 10.0. The number of ether oxygens (including phenoxy) is 2. The van der Waals surface area contributed by atoms with Crippen LogP contribution >= 0.6 is 11.6 Å². The Morgan fingerprint density at radius 3 is 2.28 bits per heavy atom. The lowest BCUT2D eigenvalue weighted by molar-refractivity contribution is -0.142. The molecule has 0 saturated carbocycles. The Bertz CT molecular complexity index is 1120. The fourth-order valence-corrected chi connectivity index (χ4v) is 3.83. The number of amides is 2. The highest BCUT2D eigenvalue weighted by molar-refractivity contribution is 6.30. The molecule has 0 saturated heterocycles. The first-order chi connectivity index (χ1) is 17.4. The van der Waals surface area contributed by atoms with Gasteiger partial charge in [-0.2, -0.15) is 0 Å². The molecule has 0 aliphatic heterocycles. The molecule has 0 unspecified atom stereocenters. The van der Waals surface area contributed by atoms with Crippen molar-refractivity contribution in [2.45, 2.75) is 32.9 Å². The molecule has 6 nitrogen and oxygen atoms in total. The fraction of sp³-hybridized carbons (Fsp3) is 0.310. The first-order valence-corrected chi connectivity index (χ1v) is 12.4. The molecule has 3 aromatic rings. The van der Waals surface area contributed by atoms with E-state index in [9.17, 15) is 9.59 Å². The van der Waals surface area contributed by atoms with Gasteiger partial charge in [0.05, 0.1) is 7.11 Å². The van der Waals surface area contributed by atoms with Gasteiger partial charge in [-0.3, -0.25) is 9.59 Å². The van der Waals surface area contributed by atoms with Crippen molar-refractivity contribution < 1.29 is 19.1 Å². The summed E-state index contributed by atoms with van der Waals surface area (Å²) in [5, 5.41) is 3.59. The average molecular weight is 509 g/mol. The van der Waals surface area contributed by atoms with E-state index in [4.69, 9.17) is 21.1 Å². The van der Waals surface area contributed by atoms with Crippen LogP contribution in [0, 0.1) is 5.92 Å². The largest absolute Gasteiger partial charge is 0.497 e. The Kier molecular flexibility index (Phi) is 10.2. The van der Waals surface area contributed by atoms with Gasteiger partial charge >= 0.3 is 0 Å². The highest BCUT2D eigenvalue weighted by Crippen LogP contribution is 2.20. The Labute approximate surface area is 218 Å². The zero-order valence-electron chi connectivity index (χ0n) is 20.9.